The van der Waals surface area contributed by atoms with Crippen molar-refractivity contribution in [1.29, 1.82) is 0 Å². The topological polar surface area (TPSA) is 77.7 Å². The Morgan fingerprint density at radius 1 is 1.00 bits per heavy atom. The third-order valence-corrected chi connectivity index (χ3v) is 6.34. The lowest BCUT2D eigenvalue weighted by Gasteiger charge is -2.36. The number of carbonyl (C=O) groups excluding carboxylic acids is 2. The van der Waals surface area contributed by atoms with Gasteiger partial charge < -0.3 is 19.9 Å². The van der Waals surface area contributed by atoms with E-state index in [4.69, 9.17) is 4.74 Å². The number of carbonyl (C=O) groups is 2. The highest BCUT2D eigenvalue weighted by molar-refractivity contribution is 6.12. The standard InChI is InChI=1S/C25H30N4O3/c1-16-7-6-10-20(18(16)3)29-13-11-28(12-14-29)15-21(30)27-23-22-17(2)8-5-9-19(22)26-24(23)25(31)32-4/h5-10,26H,11-15H2,1-4H3,(H,27,30). The highest BCUT2D eigenvalue weighted by Gasteiger charge is 2.24. The molecule has 1 amide bonds. The van der Waals surface area contributed by atoms with Gasteiger partial charge in [0.25, 0.3) is 0 Å². The lowest BCUT2D eigenvalue weighted by molar-refractivity contribution is -0.117. The Hall–Kier alpha value is -3.32. The average molecular weight is 435 g/mol. The van der Waals surface area contributed by atoms with Crippen LogP contribution in [-0.2, 0) is 9.53 Å². The predicted molar refractivity (Wildman–Crippen MR) is 128 cm³/mol. The van der Waals surface area contributed by atoms with Crippen molar-refractivity contribution < 1.29 is 14.3 Å². The molecule has 0 radical (unpaired) electrons. The SMILES string of the molecule is COC(=O)c1[nH]c2cccc(C)c2c1NC(=O)CN1CCN(c2cccc(C)c2C)CC1. The van der Waals surface area contributed by atoms with Crippen molar-refractivity contribution in [1.82, 2.24) is 9.88 Å². The summed E-state index contributed by atoms with van der Waals surface area (Å²) in [5.41, 5.74) is 6.40. The zero-order valence-corrected chi connectivity index (χ0v) is 19.1. The maximum Gasteiger partial charge on any atom is 0.356 e. The molecule has 1 saturated heterocycles. The summed E-state index contributed by atoms with van der Waals surface area (Å²) < 4.78 is 4.91. The summed E-state index contributed by atoms with van der Waals surface area (Å²) >= 11 is 0. The number of methoxy groups -OCH3 is 1. The van der Waals surface area contributed by atoms with E-state index in [0.29, 0.717) is 5.69 Å². The Morgan fingerprint density at radius 3 is 2.41 bits per heavy atom. The molecule has 4 rings (SSSR count). The van der Waals surface area contributed by atoms with Gasteiger partial charge in [-0.25, -0.2) is 4.79 Å². The minimum Gasteiger partial charge on any atom is -0.464 e. The lowest BCUT2D eigenvalue weighted by atomic mass is 10.1. The van der Waals surface area contributed by atoms with Crippen LogP contribution in [0.4, 0.5) is 11.4 Å². The van der Waals surface area contributed by atoms with Crippen molar-refractivity contribution >= 4 is 34.2 Å². The summed E-state index contributed by atoms with van der Waals surface area (Å²) in [6, 6.07) is 12.2. The number of benzene rings is 2. The van der Waals surface area contributed by atoms with Crippen LogP contribution >= 0.6 is 0 Å². The molecule has 2 N–H and O–H groups in total. The number of anilines is 2. The van der Waals surface area contributed by atoms with E-state index in [1.165, 1.54) is 23.9 Å². The third-order valence-electron chi connectivity index (χ3n) is 6.34. The fraction of sp³-hybridized carbons (Fsp3) is 0.360. The summed E-state index contributed by atoms with van der Waals surface area (Å²) in [6.07, 6.45) is 0. The second kappa shape index (κ2) is 9.04. The monoisotopic (exact) mass is 434 g/mol. The van der Waals surface area contributed by atoms with E-state index in [-0.39, 0.29) is 18.1 Å². The first kappa shape index (κ1) is 21.9. The molecule has 1 aromatic heterocycles. The van der Waals surface area contributed by atoms with Crippen molar-refractivity contribution in [3.05, 3.63) is 58.8 Å². The lowest BCUT2D eigenvalue weighted by Crippen LogP contribution is -2.48. The molecule has 0 unspecified atom stereocenters. The van der Waals surface area contributed by atoms with E-state index < -0.39 is 5.97 Å². The van der Waals surface area contributed by atoms with E-state index in [0.717, 1.165) is 42.6 Å². The van der Waals surface area contributed by atoms with Crippen molar-refractivity contribution in [2.75, 3.05) is 50.1 Å². The minimum absolute atomic E-state index is 0.139. The zero-order chi connectivity index (χ0) is 22.8. The number of hydrogen-bond acceptors (Lipinski definition) is 5. The molecule has 32 heavy (non-hydrogen) atoms. The van der Waals surface area contributed by atoms with Gasteiger partial charge in [0.05, 0.1) is 19.3 Å². The Bertz CT molecular complexity index is 1160. The van der Waals surface area contributed by atoms with Crippen LogP contribution in [0.15, 0.2) is 36.4 Å². The number of piperazine rings is 1. The summed E-state index contributed by atoms with van der Waals surface area (Å²) in [4.78, 5) is 32.8. The van der Waals surface area contributed by atoms with Gasteiger partial charge in [0, 0.05) is 42.8 Å². The number of fused-ring (bicyclic) bond motifs is 1. The molecule has 168 valence electrons. The molecule has 3 aromatic rings. The Kier molecular flexibility index (Phi) is 6.19. The largest absolute Gasteiger partial charge is 0.464 e. The first-order valence-electron chi connectivity index (χ1n) is 10.9. The Morgan fingerprint density at radius 2 is 1.69 bits per heavy atom. The number of ether oxygens (including phenoxy) is 1. The van der Waals surface area contributed by atoms with E-state index in [2.05, 4.69) is 52.1 Å². The smallest absolute Gasteiger partial charge is 0.356 e. The molecule has 0 atom stereocenters. The molecule has 7 heteroatoms. The molecule has 7 nitrogen and oxygen atoms in total. The predicted octanol–water partition coefficient (Wildman–Crippen LogP) is 3.64. The number of aryl methyl sites for hydroxylation is 2. The summed E-state index contributed by atoms with van der Waals surface area (Å²) in [5.74, 6) is -0.641. The molecule has 1 aliphatic rings. The molecule has 0 saturated carbocycles. The van der Waals surface area contributed by atoms with Crippen LogP contribution < -0.4 is 10.2 Å². The normalized spacial score (nSPS) is 14.6. The van der Waals surface area contributed by atoms with E-state index in [1.807, 2.05) is 25.1 Å². The summed E-state index contributed by atoms with van der Waals surface area (Å²) in [6.45, 7) is 9.88. The summed E-state index contributed by atoms with van der Waals surface area (Å²) in [7, 11) is 1.34. The van der Waals surface area contributed by atoms with Crippen molar-refractivity contribution in [3.8, 4) is 0 Å². The number of aromatic amines is 1. The van der Waals surface area contributed by atoms with E-state index in [9.17, 15) is 9.59 Å². The quantitative estimate of drug-likeness (QED) is 0.600. The van der Waals surface area contributed by atoms with Gasteiger partial charge in [-0.2, -0.15) is 0 Å². The van der Waals surface area contributed by atoms with Crippen LogP contribution in [0.2, 0.25) is 0 Å². The molecule has 1 aliphatic heterocycles. The van der Waals surface area contributed by atoms with Crippen LogP contribution in [0.5, 0.6) is 0 Å². The zero-order valence-electron chi connectivity index (χ0n) is 19.1. The highest BCUT2D eigenvalue weighted by atomic mass is 16.5. The molecule has 0 bridgehead atoms. The Balaban J connectivity index is 1.44. The fourth-order valence-electron chi connectivity index (χ4n) is 4.41. The number of H-pyrrole nitrogens is 1. The third kappa shape index (κ3) is 4.21. The van der Waals surface area contributed by atoms with Crippen LogP contribution in [0.3, 0.4) is 0 Å². The number of aromatic nitrogens is 1. The van der Waals surface area contributed by atoms with Gasteiger partial charge in [-0.3, -0.25) is 9.69 Å². The second-order valence-corrected chi connectivity index (χ2v) is 8.39. The molecule has 2 aromatic carbocycles. The maximum absolute atomic E-state index is 12.9. The molecular formula is C25H30N4O3. The minimum atomic E-state index is -0.502. The molecule has 1 fully saturated rings. The number of nitrogens with zero attached hydrogens (tertiary/aromatic N) is 2. The van der Waals surface area contributed by atoms with E-state index in [1.54, 1.807) is 0 Å². The fourth-order valence-corrected chi connectivity index (χ4v) is 4.41. The van der Waals surface area contributed by atoms with Crippen LogP contribution in [0.1, 0.15) is 27.2 Å². The van der Waals surface area contributed by atoms with E-state index >= 15 is 0 Å². The van der Waals surface area contributed by atoms with Gasteiger partial charge in [-0.1, -0.05) is 24.3 Å². The number of nitrogens with one attached hydrogen (secondary N) is 2. The van der Waals surface area contributed by atoms with Crippen molar-refractivity contribution in [2.24, 2.45) is 0 Å². The van der Waals surface area contributed by atoms with Gasteiger partial charge in [0.2, 0.25) is 5.91 Å². The molecule has 2 heterocycles. The van der Waals surface area contributed by atoms with Gasteiger partial charge in [0.15, 0.2) is 0 Å². The average Bonchev–Trinajstić information content (AvgIpc) is 3.15. The molecular weight excluding hydrogens is 404 g/mol. The summed E-state index contributed by atoms with van der Waals surface area (Å²) in [5, 5.41) is 3.80. The molecule has 0 aliphatic carbocycles. The van der Waals surface area contributed by atoms with Crippen LogP contribution in [-0.4, -0.2) is 61.6 Å². The van der Waals surface area contributed by atoms with Gasteiger partial charge in [-0.05, 0) is 49.6 Å². The highest BCUT2D eigenvalue weighted by Crippen LogP contribution is 2.31. The van der Waals surface area contributed by atoms with Crippen LogP contribution in [0.25, 0.3) is 10.9 Å². The van der Waals surface area contributed by atoms with Gasteiger partial charge in [0.1, 0.15) is 5.69 Å². The second-order valence-electron chi connectivity index (χ2n) is 8.39. The maximum atomic E-state index is 12.9. The molecule has 0 spiro atoms. The first-order chi connectivity index (χ1) is 15.4. The Labute approximate surface area is 188 Å². The van der Waals surface area contributed by atoms with Gasteiger partial charge >= 0.3 is 5.97 Å². The number of hydrogen-bond donors (Lipinski definition) is 2. The van der Waals surface area contributed by atoms with Crippen LogP contribution in [0, 0.1) is 20.8 Å². The number of esters is 1. The number of rotatable bonds is 5. The number of amides is 1. The first-order valence-corrected chi connectivity index (χ1v) is 10.9. The van der Waals surface area contributed by atoms with Crippen molar-refractivity contribution in [2.45, 2.75) is 20.8 Å². The van der Waals surface area contributed by atoms with Crippen molar-refractivity contribution in [3.63, 3.8) is 0 Å². The van der Waals surface area contributed by atoms with Gasteiger partial charge in [-0.15, -0.1) is 0 Å².